The molecule has 7 nitrogen and oxygen atoms in total. The van der Waals surface area contributed by atoms with Gasteiger partial charge in [0.25, 0.3) is 5.69 Å². The number of amides is 1. The van der Waals surface area contributed by atoms with Crippen LogP contribution in [0.1, 0.15) is 6.42 Å². The van der Waals surface area contributed by atoms with E-state index in [0.29, 0.717) is 23.9 Å². The summed E-state index contributed by atoms with van der Waals surface area (Å²) < 4.78 is 0. The third kappa shape index (κ3) is 2.82. The van der Waals surface area contributed by atoms with Crippen molar-refractivity contribution in [3.8, 4) is 0 Å². The lowest BCUT2D eigenvalue weighted by Crippen LogP contribution is -2.20. The van der Waals surface area contributed by atoms with E-state index in [9.17, 15) is 14.9 Å². The minimum Gasteiger partial charge on any atom is -0.384 e. The first kappa shape index (κ1) is 13.7. The molecule has 2 aromatic rings. The summed E-state index contributed by atoms with van der Waals surface area (Å²) in [6.07, 6.45) is 1.84. The largest absolute Gasteiger partial charge is 0.384 e. The molecular weight excluding hydrogens is 260 g/mol. The Balaban J connectivity index is 2.28. The predicted octanol–water partition coefficient (Wildman–Crippen LogP) is 1.69. The predicted molar refractivity (Wildman–Crippen MR) is 75.6 cm³/mol. The topological polar surface area (TPSA) is 97.2 Å². The molecular formula is C13H14N4O3. The molecule has 0 spiro atoms. The zero-order valence-corrected chi connectivity index (χ0v) is 10.9. The summed E-state index contributed by atoms with van der Waals surface area (Å²) in [7, 11) is 1.58. The van der Waals surface area contributed by atoms with Crippen molar-refractivity contribution in [2.45, 2.75) is 6.42 Å². The van der Waals surface area contributed by atoms with Crippen LogP contribution in [0.4, 0.5) is 11.4 Å². The van der Waals surface area contributed by atoms with Crippen molar-refractivity contribution in [3.63, 3.8) is 0 Å². The zero-order chi connectivity index (χ0) is 14.5. The number of carbonyl (C=O) groups excluding carboxylic acids is 1. The fraction of sp³-hybridized carbons (Fsp3) is 0.231. The number of para-hydroxylation sites is 1. The van der Waals surface area contributed by atoms with Crippen molar-refractivity contribution in [2.24, 2.45) is 0 Å². The number of hydrogen-bond donors (Lipinski definition) is 2. The number of benzene rings is 1. The second-order valence-electron chi connectivity index (χ2n) is 4.14. The molecule has 0 saturated heterocycles. The second-order valence-corrected chi connectivity index (χ2v) is 4.14. The quantitative estimate of drug-likeness (QED) is 0.638. The SMILES string of the molecule is CNC(=O)CCNc1ccnc2c([N+](=O)[O-])cccc12. The van der Waals surface area contributed by atoms with Crippen LogP contribution in [0, 0.1) is 10.1 Å². The monoisotopic (exact) mass is 274 g/mol. The van der Waals surface area contributed by atoms with Crippen molar-refractivity contribution in [3.05, 3.63) is 40.6 Å². The molecule has 0 unspecified atom stereocenters. The van der Waals surface area contributed by atoms with E-state index in [4.69, 9.17) is 0 Å². The third-order valence-electron chi connectivity index (χ3n) is 2.89. The van der Waals surface area contributed by atoms with E-state index < -0.39 is 4.92 Å². The molecule has 0 aliphatic carbocycles. The van der Waals surface area contributed by atoms with E-state index in [-0.39, 0.29) is 11.6 Å². The van der Waals surface area contributed by atoms with Gasteiger partial charge in [-0.25, -0.2) is 4.98 Å². The number of nitro benzene ring substituents is 1. The molecule has 1 amide bonds. The molecule has 1 aromatic heterocycles. The number of anilines is 1. The summed E-state index contributed by atoms with van der Waals surface area (Å²) in [4.78, 5) is 25.7. The lowest BCUT2D eigenvalue weighted by Gasteiger charge is -2.08. The fourth-order valence-electron chi connectivity index (χ4n) is 1.90. The number of rotatable bonds is 5. The summed E-state index contributed by atoms with van der Waals surface area (Å²) in [5, 5.41) is 17.3. The van der Waals surface area contributed by atoms with Crippen LogP contribution >= 0.6 is 0 Å². The minimum atomic E-state index is -0.455. The smallest absolute Gasteiger partial charge is 0.295 e. The zero-order valence-electron chi connectivity index (χ0n) is 10.9. The summed E-state index contributed by atoms with van der Waals surface area (Å²) in [6.45, 7) is 0.446. The molecule has 0 aliphatic rings. The Hall–Kier alpha value is -2.70. The normalized spacial score (nSPS) is 10.2. The average molecular weight is 274 g/mol. The van der Waals surface area contributed by atoms with Crippen LogP contribution in [-0.2, 0) is 4.79 Å². The summed E-state index contributed by atoms with van der Waals surface area (Å²) in [5.74, 6) is -0.0677. The van der Waals surface area contributed by atoms with Gasteiger partial charge in [0.1, 0.15) is 5.52 Å². The van der Waals surface area contributed by atoms with Gasteiger partial charge in [-0.05, 0) is 6.07 Å². The molecule has 2 N–H and O–H groups in total. The molecule has 1 heterocycles. The number of pyridine rings is 1. The van der Waals surface area contributed by atoms with Crippen LogP contribution in [0.15, 0.2) is 30.5 Å². The lowest BCUT2D eigenvalue weighted by molar-refractivity contribution is -0.383. The van der Waals surface area contributed by atoms with Crippen LogP contribution in [0.5, 0.6) is 0 Å². The Morgan fingerprint density at radius 3 is 2.90 bits per heavy atom. The summed E-state index contributed by atoms with van der Waals surface area (Å²) in [6, 6.07) is 6.53. The van der Waals surface area contributed by atoms with Crippen LogP contribution in [0.25, 0.3) is 10.9 Å². The van der Waals surface area contributed by atoms with Crippen molar-refractivity contribution in [2.75, 3.05) is 18.9 Å². The Labute approximate surface area is 115 Å². The number of nitrogens with one attached hydrogen (secondary N) is 2. The number of carbonyl (C=O) groups is 1. The number of hydrogen-bond acceptors (Lipinski definition) is 5. The first-order chi connectivity index (χ1) is 9.63. The van der Waals surface area contributed by atoms with Gasteiger partial charge in [0.2, 0.25) is 5.91 Å². The molecule has 7 heteroatoms. The Bertz CT molecular complexity index is 657. The van der Waals surface area contributed by atoms with Crippen molar-refractivity contribution < 1.29 is 9.72 Å². The average Bonchev–Trinajstić information content (AvgIpc) is 2.46. The van der Waals surface area contributed by atoms with Crippen LogP contribution in [0.3, 0.4) is 0 Å². The molecule has 0 saturated carbocycles. The molecule has 0 bridgehead atoms. The molecule has 2 rings (SSSR count). The van der Waals surface area contributed by atoms with Gasteiger partial charge in [0.05, 0.1) is 4.92 Å². The van der Waals surface area contributed by atoms with Gasteiger partial charge in [-0.2, -0.15) is 0 Å². The number of nitro groups is 1. The molecule has 0 aliphatic heterocycles. The highest BCUT2D eigenvalue weighted by atomic mass is 16.6. The Morgan fingerprint density at radius 1 is 1.40 bits per heavy atom. The van der Waals surface area contributed by atoms with Gasteiger partial charge in [-0.15, -0.1) is 0 Å². The Kier molecular flexibility index (Phi) is 4.09. The van der Waals surface area contributed by atoms with E-state index in [2.05, 4.69) is 15.6 Å². The molecule has 0 radical (unpaired) electrons. The van der Waals surface area contributed by atoms with E-state index in [1.54, 1.807) is 25.2 Å². The lowest BCUT2D eigenvalue weighted by atomic mass is 10.1. The molecule has 0 fully saturated rings. The van der Waals surface area contributed by atoms with Crippen LogP contribution in [0.2, 0.25) is 0 Å². The highest BCUT2D eigenvalue weighted by Gasteiger charge is 2.14. The number of nitrogens with zero attached hydrogens (tertiary/aromatic N) is 2. The molecule has 104 valence electrons. The van der Waals surface area contributed by atoms with Crippen molar-refractivity contribution in [1.29, 1.82) is 0 Å². The van der Waals surface area contributed by atoms with Crippen LogP contribution < -0.4 is 10.6 Å². The third-order valence-corrected chi connectivity index (χ3v) is 2.89. The number of fused-ring (bicyclic) bond motifs is 1. The van der Waals surface area contributed by atoms with E-state index in [1.807, 2.05) is 0 Å². The van der Waals surface area contributed by atoms with Gasteiger partial charge in [-0.3, -0.25) is 14.9 Å². The van der Waals surface area contributed by atoms with Gasteiger partial charge in [-0.1, -0.05) is 12.1 Å². The maximum absolute atomic E-state index is 11.2. The van der Waals surface area contributed by atoms with Crippen molar-refractivity contribution >= 4 is 28.2 Å². The first-order valence-corrected chi connectivity index (χ1v) is 6.10. The minimum absolute atomic E-state index is 0.0301. The second kappa shape index (κ2) is 5.96. The van der Waals surface area contributed by atoms with Gasteiger partial charge in [0, 0.05) is 43.4 Å². The van der Waals surface area contributed by atoms with E-state index in [0.717, 1.165) is 5.69 Å². The maximum atomic E-state index is 11.2. The highest BCUT2D eigenvalue weighted by molar-refractivity contribution is 5.96. The van der Waals surface area contributed by atoms with Crippen LogP contribution in [-0.4, -0.2) is 29.4 Å². The van der Waals surface area contributed by atoms with E-state index >= 15 is 0 Å². The summed E-state index contributed by atoms with van der Waals surface area (Å²) in [5.41, 5.74) is 1.03. The van der Waals surface area contributed by atoms with E-state index in [1.165, 1.54) is 12.3 Å². The van der Waals surface area contributed by atoms with Gasteiger partial charge >= 0.3 is 0 Å². The molecule has 20 heavy (non-hydrogen) atoms. The molecule has 0 atom stereocenters. The maximum Gasteiger partial charge on any atom is 0.295 e. The van der Waals surface area contributed by atoms with Gasteiger partial charge < -0.3 is 10.6 Å². The summed E-state index contributed by atoms with van der Waals surface area (Å²) >= 11 is 0. The first-order valence-electron chi connectivity index (χ1n) is 6.10. The van der Waals surface area contributed by atoms with Gasteiger partial charge in [0.15, 0.2) is 0 Å². The Morgan fingerprint density at radius 2 is 2.20 bits per heavy atom. The number of aromatic nitrogens is 1. The standard InChI is InChI=1S/C13H14N4O3/c1-14-12(18)6-8-15-10-5-7-16-13-9(10)3-2-4-11(13)17(19)20/h2-5,7H,6,8H2,1H3,(H,14,18)(H,15,16). The highest BCUT2D eigenvalue weighted by Crippen LogP contribution is 2.28. The van der Waals surface area contributed by atoms with Crippen molar-refractivity contribution in [1.82, 2.24) is 10.3 Å². The number of non-ortho nitro benzene ring substituents is 1. The molecule has 1 aromatic carbocycles. The fourth-order valence-corrected chi connectivity index (χ4v) is 1.90.